The van der Waals surface area contributed by atoms with E-state index in [1.54, 1.807) is 23.1 Å². The van der Waals surface area contributed by atoms with Crippen LogP contribution in [-0.2, 0) is 0 Å². The molecule has 0 bridgehead atoms. The van der Waals surface area contributed by atoms with E-state index >= 15 is 0 Å². The lowest BCUT2D eigenvalue weighted by Crippen LogP contribution is -2.43. The molecular formula is C20H14Cl2N2O. The summed E-state index contributed by atoms with van der Waals surface area (Å²) < 4.78 is 0. The van der Waals surface area contributed by atoms with Crippen molar-refractivity contribution in [1.29, 1.82) is 0 Å². The van der Waals surface area contributed by atoms with E-state index in [-0.39, 0.29) is 5.91 Å². The van der Waals surface area contributed by atoms with Crippen molar-refractivity contribution >= 4 is 40.5 Å². The molecule has 1 N–H and O–H groups in total. The lowest BCUT2D eigenvalue weighted by molar-refractivity contribution is 0.0975. The highest BCUT2D eigenvalue weighted by Crippen LogP contribution is 2.41. The molecule has 3 nitrogen and oxygen atoms in total. The first-order chi connectivity index (χ1) is 12.2. The van der Waals surface area contributed by atoms with E-state index in [4.69, 9.17) is 23.2 Å². The van der Waals surface area contributed by atoms with Gasteiger partial charge in [-0.1, -0.05) is 59.6 Å². The molecule has 1 unspecified atom stereocenters. The molecule has 0 aromatic heterocycles. The van der Waals surface area contributed by atoms with Crippen molar-refractivity contribution in [2.75, 3.05) is 10.2 Å². The lowest BCUT2D eigenvalue weighted by atomic mass is 10.0. The van der Waals surface area contributed by atoms with Gasteiger partial charge in [0.05, 0.1) is 5.56 Å². The summed E-state index contributed by atoms with van der Waals surface area (Å²) in [6.45, 7) is 0. The molecule has 1 atom stereocenters. The van der Waals surface area contributed by atoms with Gasteiger partial charge in [0, 0.05) is 27.0 Å². The second-order valence-electron chi connectivity index (χ2n) is 5.74. The van der Waals surface area contributed by atoms with Crippen molar-refractivity contribution in [2.24, 2.45) is 0 Å². The molecule has 0 fully saturated rings. The molecule has 25 heavy (non-hydrogen) atoms. The highest BCUT2D eigenvalue weighted by atomic mass is 35.5. The van der Waals surface area contributed by atoms with Crippen molar-refractivity contribution in [1.82, 2.24) is 0 Å². The number of rotatable bonds is 2. The van der Waals surface area contributed by atoms with Crippen LogP contribution in [0.15, 0.2) is 72.8 Å². The van der Waals surface area contributed by atoms with Gasteiger partial charge < -0.3 is 5.32 Å². The third-order valence-electron chi connectivity index (χ3n) is 4.23. The molecule has 3 aromatic rings. The van der Waals surface area contributed by atoms with Crippen LogP contribution in [0.1, 0.15) is 22.1 Å². The van der Waals surface area contributed by atoms with Gasteiger partial charge in [-0.15, -0.1) is 0 Å². The van der Waals surface area contributed by atoms with Gasteiger partial charge in [-0.2, -0.15) is 0 Å². The molecule has 0 spiro atoms. The van der Waals surface area contributed by atoms with Crippen LogP contribution in [0.2, 0.25) is 10.0 Å². The topological polar surface area (TPSA) is 32.3 Å². The average molecular weight is 369 g/mol. The van der Waals surface area contributed by atoms with Gasteiger partial charge in [0.2, 0.25) is 0 Å². The largest absolute Gasteiger partial charge is 0.360 e. The van der Waals surface area contributed by atoms with Crippen molar-refractivity contribution in [3.8, 4) is 0 Å². The quantitative estimate of drug-likeness (QED) is 0.623. The molecule has 3 aromatic carbocycles. The van der Waals surface area contributed by atoms with Gasteiger partial charge in [-0.3, -0.25) is 9.69 Å². The van der Waals surface area contributed by atoms with E-state index in [2.05, 4.69) is 5.32 Å². The number of halogens is 2. The minimum Gasteiger partial charge on any atom is -0.360 e. The molecule has 5 heteroatoms. The zero-order valence-corrected chi connectivity index (χ0v) is 14.6. The molecule has 1 amide bonds. The molecule has 124 valence electrons. The zero-order valence-electron chi connectivity index (χ0n) is 13.1. The average Bonchev–Trinajstić information content (AvgIpc) is 2.62. The number of anilines is 2. The van der Waals surface area contributed by atoms with E-state index in [1.165, 1.54) is 0 Å². The number of para-hydroxylation sites is 2. The first kappa shape index (κ1) is 16.0. The predicted molar refractivity (Wildman–Crippen MR) is 103 cm³/mol. The Balaban J connectivity index is 1.93. The second-order valence-corrected chi connectivity index (χ2v) is 6.55. The smallest absolute Gasteiger partial charge is 0.262 e. The zero-order chi connectivity index (χ0) is 17.4. The van der Waals surface area contributed by atoms with Gasteiger partial charge in [0.1, 0.15) is 6.17 Å². The summed E-state index contributed by atoms with van der Waals surface area (Å²) in [5.41, 5.74) is 2.83. The van der Waals surface area contributed by atoms with Crippen LogP contribution in [0.3, 0.4) is 0 Å². The number of benzene rings is 3. The molecule has 4 rings (SSSR count). The van der Waals surface area contributed by atoms with Crippen LogP contribution in [0.5, 0.6) is 0 Å². The van der Waals surface area contributed by atoms with E-state index in [0.717, 1.165) is 11.4 Å². The fraction of sp³-hybridized carbons (Fsp3) is 0.0500. The predicted octanol–water partition coefficient (Wildman–Crippen LogP) is 5.76. The summed E-state index contributed by atoms with van der Waals surface area (Å²) in [6, 6.07) is 22.3. The van der Waals surface area contributed by atoms with Gasteiger partial charge in [0.25, 0.3) is 5.91 Å². The number of hydrogen-bond donors (Lipinski definition) is 1. The molecule has 0 saturated carbocycles. The monoisotopic (exact) mass is 368 g/mol. The summed E-state index contributed by atoms with van der Waals surface area (Å²) >= 11 is 12.9. The summed E-state index contributed by atoms with van der Waals surface area (Å²) in [7, 11) is 0. The van der Waals surface area contributed by atoms with Crippen molar-refractivity contribution in [3.05, 3.63) is 94.0 Å². The van der Waals surface area contributed by atoms with E-state index in [1.807, 2.05) is 54.6 Å². The fourth-order valence-electron chi connectivity index (χ4n) is 3.08. The number of fused-ring (bicyclic) bond motifs is 1. The Morgan fingerprint density at radius 1 is 0.800 bits per heavy atom. The normalized spacial score (nSPS) is 16.3. The number of carbonyl (C=O) groups is 1. The standard InChI is InChI=1S/C20H14Cl2N2O/c21-15-10-6-11-16(22)18(15)19-23-17-12-5-4-9-14(17)20(25)24(19)13-7-2-1-3-8-13/h1-12,19,23H. The van der Waals surface area contributed by atoms with E-state index < -0.39 is 6.17 Å². The first-order valence-electron chi connectivity index (χ1n) is 7.85. The summed E-state index contributed by atoms with van der Waals surface area (Å²) in [5, 5.41) is 4.43. The van der Waals surface area contributed by atoms with Crippen LogP contribution in [0.25, 0.3) is 0 Å². The minimum absolute atomic E-state index is 0.0958. The third-order valence-corrected chi connectivity index (χ3v) is 4.89. The Labute approximate surface area is 155 Å². The minimum atomic E-state index is -0.494. The van der Waals surface area contributed by atoms with Gasteiger partial charge >= 0.3 is 0 Å². The molecule has 0 aliphatic carbocycles. The maximum Gasteiger partial charge on any atom is 0.262 e. The van der Waals surface area contributed by atoms with Gasteiger partial charge in [-0.25, -0.2) is 0 Å². The lowest BCUT2D eigenvalue weighted by Gasteiger charge is -2.38. The molecule has 1 aliphatic rings. The van der Waals surface area contributed by atoms with E-state index in [9.17, 15) is 4.79 Å². The maximum absolute atomic E-state index is 13.2. The Bertz CT molecular complexity index is 923. The number of hydrogen-bond acceptors (Lipinski definition) is 2. The van der Waals surface area contributed by atoms with Crippen LogP contribution >= 0.6 is 23.2 Å². The fourth-order valence-corrected chi connectivity index (χ4v) is 3.69. The van der Waals surface area contributed by atoms with Crippen LogP contribution in [0.4, 0.5) is 11.4 Å². The van der Waals surface area contributed by atoms with Crippen LogP contribution in [0, 0.1) is 0 Å². The third kappa shape index (κ3) is 2.76. The van der Waals surface area contributed by atoms with Gasteiger partial charge in [0.15, 0.2) is 0 Å². The van der Waals surface area contributed by atoms with Crippen LogP contribution < -0.4 is 10.2 Å². The Kier molecular flexibility index (Phi) is 4.12. The Morgan fingerprint density at radius 3 is 2.16 bits per heavy atom. The summed E-state index contributed by atoms with van der Waals surface area (Å²) in [6.07, 6.45) is -0.494. The SMILES string of the molecule is O=C1c2ccccc2NC(c2c(Cl)cccc2Cl)N1c1ccccc1. The maximum atomic E-state index is 13.2. The van der Waals surface area contributed by atoms with Crippen molar-refractivity contribution in [3.63, 3.8) is 0 Å². The number of nitrogens with one attached hydrogen (secondary N) is 1. The Hall–Kier alpha value is -2.49. The summed E-state index contributed by atoms with van der Waals surface area (Å²) in [5.74, 6) is -0.0958. The van der Waals surface area contributed by atoms with E-state index in [0.29, 0.717) is 21.2 Å². The first-order valence-corrected chi connectivity index (χ1v) is 8.60. The summed E-state index contributed by atoms with van der Waals surface area (Å²) in [4.78, 5) is 14.9. The molecule has 1 heterocycles. The number of amides is 1. The molecule has 0 radical (unpaired) electrons. The highest BCUT2D eigenvalue weighted by Gasteiger charge is 2.35. The second kappa shape index (κ2) is 6.43. The van der Waals surface area contributed by atoms with Crippen molar-refractivity contribution < 1.29 is 4.79 Å². The Morgan fingerprint density at radius 2 is 1.44 bits per heavy atom. The van der Waals surface area contributed by atoms with Gasteiger partial charge in [-0.05, 0) is 36.4 Å². The highest BCUT2D eigenvalue weighted by molar-refractivity contribution is 6.36. The molecule has 0 saturated heterocycles. The molecular weight excluding hydrogens is 355 g/mol. The van der Waals surface area contributed by atoms with Crippen molar-refractivity contribution in [2.45, 2.75) is 6.17 Å². The number of nitrogens with zero attached hydrogens (tertiary/aromatic N) is 1. The molecule has 1 aliphatic heterocycles. The number of carbonyl (C=O) groups excluding carboxylic acids is 1. The van der Waals surface area contributed by atoms with Crippen LogP contribution in [-0.4, -0.2) is 5.91 Å².